The van der Waals surface area contributed by atoms with Crippen LogP contribution in [-0.2, 0) is 10.2 Å². The van der Waals surface area contributed by atoms with Crippen molar-refractivity contribution in [2.45, 2.75) is 56.4 Å². The fourth-order valence-electron chi connectivity index (χ4n) is 5.88. The molecule has 0 N–H and O–H groups in total. The van der Waals surface area contributed by atoms with Crippen molar-refractivity contribution in [3.8, 4) is 0 Å². The maximum Gasteiger partial charge on any atom is 0.324 e. The second kappa shape index (κ2) is 9.26. The topological polar surface area (TPSA) is 83.8 Å². The Hall–Kier alpha value is -3.36. The summed E-state index contributed by atoms with van der Waals surface area (Å²) in [5.41, 5.74) is 3.07. The van der Waals surface area contributed by atoms with E-state index in [0.717, 1.165) is 56.5 Å². The van der Waals surface area contributed by atoms with Crippen molar-refractivity contribution in [1.82, 2.24) is 29.5 Å². The normalized spacial score (nSPS) is 23.6. The highest BCUT2D eigenvalue weighted by Crippen LogP contribution is 2.50. The molecule has 1 aliphatic carbocycles. The molecular formula is C27H34N6O3. The minimum Gasteiger partial charge on any atom is -0.498 e. The smallest absolute Gasteiger partial charge is 0.324 e. The number of carbonyl (C=O) groups is 2. The third-order valence-electron chi connectivity index (χ3n) is 8.34. The molecule has 1 unspecified atom stereocenters. The third kappa shape index (κ3) is 4.24. The van der Waals surface area contributed by atoms with Crippen LogP contribution in [-0.4, -0.2) is 80.7 Å². The van der Waals surface area contributed by atoms with Gasteiger partial charge in [0.05, 0.1) is 36.3 Å². The third-order valence-corrected chi connectivity index (χ3v) is 8.34. The number of rotatable bonds is 4. The number of hydrogen-bond donors (Lipinski definition) is 0. The highest BCUT2D eigenvalue weighted by molar-refractivity contribution is 5.96. The van der Waals surface area contributed by atoms with Gasteiger partial charge in [0.2, 0.25) is 0 Å². The Kier molecular flexibility index (Phi) is 5.93. The SMILES string of the molecule is CC1(c2c(C(=O)N3CCC(c4cccnc4)C3)cnn2C2CCN(C(=O)N3C=COCC3)CC2)CC1. The summed E-state index contributed by atoms with van der Waals surface area (Å²) >= 11 is 0. The molecule has 5 heterocycles. The average molecular weight is 491 g/mol. The van der Waals surface area contributed by atoms with Gasteiger partial charge in [-0.1, -0.05) is 13.0 Å². The highest BCUT2D eigenvalue weighted by atomic mass is 16.5. The molecule has 3 fully saturated rings. The summed E-state index contributed by atoms with van der Waals surface area (Å²) in [6.07, 6.45) is 13.6. The number of likely N-dealkylation sites (tertiary alicyclic amines) is 2. The number of nitrogens with zero attached hydrogens (tertiary/aromatic N) is 6. The van der Waals surface area contributed by atoms with Gasteiger partial charge in [-0.2, -0.15) is 5.10 Å². The van der Waals surface area contributed by atoms with E-state index >= 15 is 0 Å². The van der Waals surface area contributed by atoms with E-state index < -0.39 is 0 Å². The van der Waals surface area contributed by atoms with Crippen LogP contribution in [0.3, 0.4) is 0 Å². The highest BCUT2D eigenvalue weighted by Gasteiger charge is 2.47. The molecule has 190 valence electrons. The molecule has 0 spiro atoms. The Bertz CT molecular complexity index is 1150. The maximum atomic E-state index is 13.7. The minimum absolute atomic E-state index is 0.00944. The number of ether oxygens (including phenoxy) is 1. The predicted molar refractivity (Wildman–Crippen MR) is 133 cm³/mol. The van der Waals surface area contributed by atoms with Gasteiger partial charge in [-0.05, 0) is 43.7 Å². The van der Waals surface area contributed by atoms with Gasteiger partial charge in [-0.3, -0.25) is 19.4 Å². The van der Waals surface area contributed by atoms with Crippen LogP contribution >= 0.6 is 0 Å². The molecule has 2 saturated heterocycles. The van der Waals surface area contributed by atoms with Gasteiger partial charge in [-0.25, -0.2) is 4.79 Å². The molecule has 9 nitrogen and oxygen atoms in total. The van der Waals surface area contributed by atoms with Crippen LogP contribution in [0.2, 0.25) is 0 Å². The molecule has 36 heavy (non-hydrogen) atoms. The number of hydrogen-bond acceptors (Lipinski definition) is 5. The molecule has 1 saturated carbocycles. The quantitative estimate of drug-likeness (QED) is 0.655. The summed E-state index contributed by atoms with van der Waals surface area (Å²) in [6, 6.07) is 4.31. The van der Waals surface area contributed by atoms with Crippen LogP contribution in [0.15, 0.2) is 43.2 Å². The molecule has 3 amide bonds. The number of carbonyl (C=O) groups excluding carboxylic acids is 2. The van der Waals surface area contributed by atoms with Crippen LogP contribution < -0.4 is 0 Å². The van der Waals surface area contributed by atoms with Gasteiger partial charge in [0.1, 0.15) is 6.61 Å². The van der Waals surface area contributed by atoms with Crippen molar-refractivity contribution in [3.63, 3.8) is 0 Å². The van der Waals surface area contributed by atoms with Crippen molar-refractivity contribution in [1.29, 1.82) is 0 Å². The molecule has 2 aromatic heterocycles. The largest absolute Gasteiger partial charge is 0.498 e. The summed E-state index contributed by atoms with van der Waals surface area (Å²) in [5, 5.41) is 4.79. The van der Waals surface area contributed by atoms with Gasteiger partial charge in [0.15, 0.2) is 0 Å². The molecule has 9 heteroatoms. The first-order chi connectivity index (χ1) is 17.5. The van der Waals surface area contributed by atoms with Crippen molar-refractivity contribution in [2.75, 3.05) is 39.3 Å². The van der Waals surface area contributed by atoms with E-state index in [0.29, 0.717) is 32.2 Å². The van der Waals surface area contributed by atoms with Crippen molar-refractivity contribution in [3.05, 3.63) is 60.0 Å². The lowest BCUT2D eigenvalue weighted by atomic mass is 9.97. The Morgan fingerprint density at radius 3 is 2.56 bits per heavy atom. The lowest BCUT2D eigenvalue weighted by Gasteiger charge is -2.36. The van der Waals surface area contributed by atoms with E-state index in [1.165, 1.54) is 5.56 Å². The van der Waals surface area contributed by atoms with E-state index in [1.54, 1.807) is 29.8 Å². The molecule has 4 aliphatic rings. The lowest BCUT2D eigenvalue weighted by molar-refractivity contribution is 0.0788. The molecular weight excluding hydrogens is 456 g/mol. The summed E-state index contributed by atoms with van der Waals surface area (Å²) in [4.78, 5) is 36.5. The van der Waals surface area contributed by atoms with E-state index in [2.05, 4.69) is 22.7 Å². The molecule has 1 atom stereocenters. The summed E-state index contributed by atoms with van der Waals surface area (Å²) in [6.45, 7) is 6.23. The first kappa shape index (κ1) is 23.1. The van der Waals surface area contributed by atoms with Crippen LogP contribution in [0.4, 0.5) is 4.79 Å². The summed E-state index contributed by atoms with van der Waals surface area (Å²) < 4.78 is 7.34. The summed E-state index contributed by atoms with van der Waals surface area (Å²) in [7, 11) is 0. The molecule has 0 bridgehead atoms. The van der Waals surface area contributed by atoms with E-state index in [-0.39, 0.29) is 23.4 Å². The van der Waals surface area contributed by atoms with E-state index in [9.17, 15) is 9.59 Å². The number of pyridine rings is 1. The lowest BCUT2D eigenvalue weighted by Crippen LogP contribution is -2.46. The van der Waals surface area contributed by atoms with Gasteiger partial charge >= 0.3 is 6.03 Å². The zero-order chi connectivity index (χ0) is 24.7. The van der Waals surface area contributed by atoms with E-state index in [1.807, 2.05) is 22.1 Å². The maximum absolute atomic E-state index is 13.7. The summed E-state index contributed by atoms with van der Waals surface area (Å²) in [5.74, 6) is 0.434. The second-order valence-electron chi connectivity index (χ2n) is 10.8. The van der Waals surface area contributed by atoms with Crippen molar-refractivity contribution in [2.24, 2.45) is 0 Å². The molecule has 0 radical (unpaired) electrons. The number of amides is 3. The Morgan fingerprint density at radius 2 is 1.86 bits per heavy atom. The second-order valence-corrected chi connectivity index (χ2v) is 10.8. The zero-order valence-electron chi connectivity index (χ0n) is 20.9. The Balaban J connectivity index is 1.17. The molecule has 6 rings (SSSR count). The van der Waals surface area contributed by atoms with Crippen LogP contribution in [0.25, 0.3) is 0 Å². The predicted octanol–water partition coefficient (Wildman–Crippen LogP) is 3.52. The Labute approximate surface area is 211 Å². The molecule has 3 aliphatic heterocycles. The van der Waals surface area contributed by atoms with Crippen LogP contribution in [0, 0.1) is 0 Å². The van der Waals surface area contributed by atoms with Crippen molar-refractivity contribution >= 4 is 11.9 Å². The number of aromatic nitrogens is 3. The van der Waals surface area contributed by atoms with Gasteiger partial charge in [0, 0.05) is 56.1 Å². The number of piperidine rings is 1. The van der Waals surface area contributed by atoms with Gasteiger partial charge in [-0.15, -0.1) is 0 Å². The van der Waals surface area contributed by atoms with Crippen LogP contribution in [0.5, 0.6) is 0 Å². The Morgan fingerprint density at radius 1 is 1.06 bits per heavy atom. The minimum atomic E-state index is 0.00944. The van der Waals surface area contributed by atoms with Crippen LogP contribution in [0.1, 0.15) is 72.6 Å². The molecule has 2 aromatic rings. The number of urea groups is 1. The van der Waals surface area contributed by atoms with E-state index in [4.69, 9.17) is 9.84 Å². The fourth-order valence-corrected chi connectivity index (χ4v) is 5.88. The van der Waals surface area contributed by atoms with Gasteiger partial charge < -0.3 is 14.5 Å². The van der Waals surface area contributed by atoms with Gasteiger partial charge in [0.25, 0.3) is 5.91 Å². The standard InChI is InChI=1S/C27H34N6O3/c1-27(7-8-27)24-23(25(34)32-10-4-21(19-32)20-3-2-9-28-17-20)18-29-33(24)22-5-11-30(12-6-22)26(35)31-13-15-36-16-14-31/h2-3,9,13,15,17-18,21-22H,4-8,10-12,14,16,19H2,1H3. The fraction of sp³-hybridized carbons (Fsp3) is 0.556. The first-order valence-electron chi connectivity index (χ1n) is 13.1. The zero-order valence-corrected chi connectivity index (χ0v) is 20.9. The monoisotopic (exact) mass is 490 g/mol. The van der Waals surface area contributed by atoms with Crippen molar-refractivity contribution < 1.29 is 14.3 Å². The first-order valence-corrected chi connectivity index (χ1v) is 13.1. The average Bonchev–Trinajstić information content (AvgIpc) is 3.32. The molecule has 0 aromatic carbocycles.